The Morgan fingerprint density at radius 1 is 1.67 bits per heavy atom. The van der Waals surface area contributed by atoms with E-state index in [1.807, 2.05) is 12.5 Å². The zero-order valence-electron chi connectivity index (χ0n) is 3.97. The lowest BCUT2D eigenvalue weighted by Gasteiger charge is -1.86. The third kappa shape index (κ3) is 4.27. The van der Waals surface area contributed by atoms with E-state index in [4.69, 9.17) is 5.11 Å². The number of aliphatic hydroxyl groups excluding tert-OH is 1. The predicted octanol–water partition coefficient (Wildman–Crippen LogP) is -0.254. The monoisotopic (exact) mass is 109 g/mol. The Morgan fingerprint density at radius 3 is 2.17 bits per heavy atom. The molecule has 0 spiro atoms. The van der Waals surface area contributed by atoms with Crippen LogP contribution in [0.5, 0.6) is 0 Å². The van der Waals surface area contributed by atoms with E-state index >= 15 is 0 Å². The summed E-state index contributed by atoms with van der Waals surface area (Å²) < 4.78 is 4.62. The summed E-state index contributed by atoms with van der Waals surface area (Å²) in [7, 11) is 0. The molecule has 0 aliphatic rings. The highest BCUT2D eigenvalue weighted by Gasteiger charge is 1.97. The Hall–Kier alpha value is 0.270. The van der Waals surface area contributed by atoms with Gasteiger partial charge in [-0.25, -0.2) is 0 Å². The maximum Gasteiger partial charge on any atom is 0.199 e. The molecule has 0 atom stereocenters. The fraction of sp³-hybridized carbons (Fsp3) is 1.00. The number of aliphatic hydroxyl groups is 1. The van der Waals surface area contributed by atoms with Crippen molar-refractivity contribution >= 4 is 11.2 Å². The highest BCUT2D eigenvalue weighted by Crippen LogP contribution is 1.81. The number of hydrogen-bond donors (Lipinski definition) is 1. The molecule has 3 heteroatoms. The van der Waals surface area contributed by atoms with Gasteiger partial charge < -0.3 is 5.11 Å². The van der Waals surface area contributed by atoms with Gasteiger partial charge >= 0.3 is 0 Å². The van der Waals surface area contributed by atoms with Crippen LogP contribution in [-0.4, -0.2) is 24.4 Å². The molecule has 0 heterocycles. The van der Waals surface area contributed by atoms with Gasteiger partial charge in [0.2, 0.25) is 0 Å². The number of rotatable bonds is 2. The lowest BCUT2D eigenvalue weighted by atomic mass is 11.6. The quantitative estimate of drug-likeness (QED) is 0.391. The maximum absolute atomic E-state index is 8.02. The molecule has 6 heavy (non-hydrogen) atoms. The Kier molecular flexibility index (Phi) is 3.62. The van der Waals surface area contributed by atoms with E-state index < -0.39 is 0 Å². The second kappa shape index (κ2) is 3.46. The molecule has 0 bridgehead atoms. The molecule has 0 aliphatic heterocycles. The Morgan fingerprint density at radius 2 is 2.17 bits per heavy atom. The largest absolute Gasteiger partial charge is 0.366 e. The fourth-order valence-corrected chi connectivity index (χ4v) is 0.316. The van der Waals surface area contributed by atoms with Crippen molar-refractivity contribution in [3.8, 4) is 0 Å². The highest BCUT2D eigenvalue weighted by molar-refractivity contribution is 7.90. The summed E-state index contributed by atoms with van der Waals surface area (Å²) >= 11 is -0.0656. The van der Waals surface area contributed by atoms with Crippen LogP contribution in [0.4, 0.5) is 0 Å². The van der Waals surface area contributed by atoms with E-state index in [0.29, 0.717) is 0 Å². The first-order valence-electron chi connectivity index (χ1n) is 1.59. The van der Waals surface area contributed by atoms with Crippen molar-refractivity contribution < 1.29 is 9.29 Å². The van der Waals surface area contributed by atoms with Gasteiger partial charge in [-0.1, -0.05) is 0 Å². The van der Waals surface area contributed by atoms with E-state index in [9.17, 15) is 0 Å². The average molecular weight is 109 g/mol. The number of hydrogen-bond acceptors (Lipinski definition) is 2. The molecule has 0 unspecified atom stereocenters. The first kappa shape index (κ1) is 6.27. The normalized spacial score (nSPS) is 10.0. The van der Waals surface area contributed by atoms with Gasteiger partial charge in [0, 0.05) is 0 Å². The summed E-state index contributed by atoms with van der Waals surface area (Å²) in [4.78, 5) is 0. The molecule has 2 nitrogen and oxygen atoms in total. The van der Waals surface area contributed by atoms with Gasteiger partial charge in [-0.15, -0.1) is 4.18 Å². The predicted molar refractivity (Wildman–Crippen MR) is 27.4 cm³/mol. The molecule has 0 rings (SSSR count). The van der Waals surface area contributed by atoms with Gasteiger partial charge in [0.15, 0.2) is 6.79 Å². The summed E-state index contributed by atoms with van der Waals surface area (Å²) in [6.45, 7) is -0.157. The van der Waals surface area contributed by atoms with Crippen LogP contribution in [-0.2, 0) is 15.4 Å². The third-order valence-electron chi connectivity index (χ3n) is 0.288. The second-order valence-corrected chi connectivity index (χ2v) is 2.71. The molecule has 38 valence electrons. The van der Waals surface area contributed by atoms with Crippen LogP contribution in [0.3, 0.4) is 0 Å². The van der Waals surface area contributed by atoms with Crippen molar-refractivity contribution in [1.82, 2.24) is 0 Å². The Balaban J connectivity index is 2.63. The van der Waals surface area contributed by atoms with Crippen LogP contribution < -0.4 is 0 Å². The van der Waals surface area contributed by atoms with Crippen molar-refractivity contribution in [3.05, 3.63) is 0 Å². The van der Waals surface area contributed by atoms with Crippen LogP contribution in [0.15, 0.2) is 0 Å². The molecular formula is C3H9O2S+. The average Bonchev–Trinajstić information content (AvgIpc) is 1.35. The minimum absolute atomic E-state index is 0.0656. The minimum atomic E-state index is -0.157. The van der Waals surface area contributed by atoms with Crippen LogP contribution in [0.2, 0.25) is 0 Å². The van der Waals surface area contributed by atoms with Gasteiger partial charge in [0.05, 0.1) is 0 Å². The van der Waals surface area contributed by atoms with Crippen LogP contribution in [0.1, 0.15) is 0 Å². The molecule has 0 fully saturated rings. The SMILES string of the molecule is C[S+](C)OCO. The zero-order valence-corrected chi connectivity index (χ0v) is 4.79. The minimum Gasteiger partial charge on any atom is -0.366 e. The molecule has 1 N–H and O–H groups in total. The van der Waals surface area contributed by atoms with Gasteiger partial charge in [0.25, 0.3) is 0 Å². The van der Waals surface area contributed by atoms with Crippen molar-refractivity contribution in [3.63, 3.8) is 0 Å². The lowest BCUT2D eigenvalue weighted by Crippen LogP contribution is -2.01. The molecule has 0 aliphatic carbocycles. The first-order chi connectivity index (χ1) is 2.77. The first-order valence-corrected chi connectivity index (χ1v) is 3.55. The van der Waals surface area contributed by atoms with Crippen molar-refractivity contribution in [2.24, 2.45) is 0 Å². The van der Waals surface area contributed by atoms with E-state index in [1.54, 1.807) is 0 Å². The van der Waals surface area contributed by atoms with Gasteiger partial charge in [-0.3, -0.25) is 0 Å². The van der Waals surface area contributed by atoms with Crippen molar-refractivity contribution in [2.45, 2.75) is 0 Å². The third-order valence-corrected chi connectivity index (χ3v) is 0.865. The molecule has 0 aromatic carbocycles. The Bertz CT molecular complexity index is 30.0. The molecular weight excluding hydrogens is 100 g/mol. The van der Waals surface area contributed by atoms with E-state index in [1.165, 1.54) is 0 Å². The van der Waals surface area contributed by atoms with E-state index in [2.05, 4.69) is 4.18 Å². The molecule has 0 amide bonds. The maximum atomic E-state index is 8.02. The van der Waals surface area contributed by atoms with Gasteiger partial charge in [-0.2, -0.15) is 0 Å². The Labute approximate surface area is 40.7 Å². The van der Waals surface area contributed by atoms with Crippen molar-refractivity contribution in [2.75, 3.05) is 19.3 Å². The summed E-state index contributed by atoms with van der Waals surface area (Å²) in [5.74, 6) is 0. The van der Waals surface area contributed by atoms with E-state index in [0.717, 1.165) is 0 Å². The summed E-state index contributed by atoms with van der Waals surface area (Å²) in [5, 5.41) is 8.02. The standard InChI is InChI=1S/C3H9O2S/c1-6(2)5-3-4/h4H,3H2,1-2H3/q+1. The zero-order chi connectivity index (χ0) is 4.99. The molecule has 0 saturated carbocycles. The summed E-state index contributed by atoms with van der Waals surface area (Å²) in [6.07, 6.45) is 3.80. The molecule has 0 aromatic rings. The molecule has 0 saturated heterocycles. The smallest absolute Gasteiger partial charge is 0.199 e. The van der Waals surface area contributed by atoms with Crippen LogP contribution in [0, 0.1) is 0 Å². The van der Waals surface area contributed by atoms with E-state index in [-0.39, 0.29) is 18.0 Å². The van der Waals surface area contributed by atoms with Gasteiger partial charge in [0.1, 0.15) is 23.7 Å². The fourth-order valence-electron chi connectivity index (χ4n) is 0.105. The van der Waals surface area contributed by atoms with Crippen molar-refractivity contribution in [1.29, 1.82) is 0 Å². The second-order valence-electron chi connectivity index (χ2n) is 0.989. The topological polar surface area (TPSA) is 29.5 Å². The highest BCUT2D eigenvalue weighted by atomic mass is 32.2. The van der Waals surface area contributed by atoms with Gasteiger partial charge in [-0.05, 0) is 0 Å². The molecule has 0 radical (unpaired) electrons. The lowest BCUT2D eigenvalue weighted by molar-refractivity contribution is 0.116. The summed E-state index contributed by atoms with van der Waals surface area (Å²) in [6, 6.07) is 0. The van der Waals surface area contributed by atoms with Crippen LogP contribution in [0.25, 0.3) is 0 Å². The van der Waals surface area contributed by atoms with Crippen LogP contribution >= 0.6 is 0 Å². The molecule has 0 aromatic heterocycles. The summed E-state index contributed by atoms with van der Waals surface area (Å²) in [5.41, 5.74) is 0.